The van der Waals surface area contributed by atoms with Crippen molar-refractivity contribution in [2.24, 2.45) is 0 Å². The molecule has 2 aromatic heterocycles. The summed E-state index contributed by atoms with van der Waals surface area (Å²) in [6, 6.07) is 8.99. The fourth-order valence-electron chi connectivity index (χ4n) is 3.25. The number of ether oxygens (including phenoxy) is 2. The van der Waals surface area contributed by atoms with E-state index in [2.05, 4.69) is 22.2 Å². The minimum Gasteiger partial charge on any atom is -0.454 e. The Balaban J connectivity index is 1.39. The molecular weight excluding hydrogens is 426 g/mol. The highest BCUT2D eigenvalue weighted by Crippen LogP contribution is 2.34. The molecule has 0 saturated heterocycles. The van der Waals surface area contributed by atoms with Crippen molar-refractivity contribution in [1.29, 1.82) is 0 Å². The van der Waals surface area contributed by atoms with Crippen molar-refractivity contribution in [1.82, 2.24) is 9.88 Å². The second kappa shape index (κ2) is 9.61. The molecule has 0 bridgehead atoms. The molecule has 1 aliphatic heterocycles. The zero-order valence-electron chi connectivity index (χ0n) is 17.8. The molecule has 8 nitrogen and oxygen atoms in total. The van der Waals surface area contributed by atoms with Gasteiger partial charge in [-0.25, -0.2) is 4.79 Å². The van der Waals surface area contributed by atoms with Crippen LogP contribution in [0.5, 0.6) is 11.5 Å². The van der Waals surface area contributed by atoms with Gasteiger partial charge in [0, 0.05) is 41.8 Å². The number of nitrogens with one attached hydrogen (secondary N) is 2. The quantitative estimate of drug-likeness (QED) is 0.446. The third-order valence-corrected chi connectivity index (χ3v) is 5.65. The molecule has 166 valence electrons. The summed E-state index contributed by atoms with van der Waals surface area (Å²) >= 11 is 1.52. The number of pyridine rings is 1. The number of urea groups is 1. The number of fused-ring (bicyclic) bond motifs is 1. The summed E-state index contributed by atoms with van der Waals surface area (Å²) in [6.07, 6.45) is 2.60. The first-order valence-electron chi connectivity index (χ1n) is 10.2. The average Bonchev–Trinajstić information content (AvgIpc) is 3.42. The lowest BCUT2D eigenvalue weighted by Gasteiger charge is -2.23. The van der Waals surface area contributed by atoms with Crippen LogP contribution in [0.25, 0.3) is 5.70 Å². The van der Waals surface area contributed by atoms with Gasteiger partial charge in [-0.05, 0) is 30.2 Å². The molecule has 0 radical (unpaired) electrons. The summed E-state index contributed by atoms with van der Waals surface area (Å²) in [4.78, 5) is 19.1. The predicted molar refractivity (Wildman–Crippen MR) is 128 cm³/mol. The molecule has 0 aliphatic carbocycles. The highest BCUT2D eigenvalue weighted by atomic mass is 32.1. The lowest BCUT2D eigenvalue weighted by molar-refractivity contribution is 0.174. The van der Waals surface area contributed by atoms with Gasteiger partial charge in [0.15, 0.2) is 11.5 Å². The lowest BCUT2D eigenvalue weighted by Crippen LogP contribution is -2.35. The SMILES string of the molecule is C=C(Nc1cscc1N)c1ccc(CN(CCC)C(=O)Nc2ccc3c(c2)OCO3)cn1. The first-order valence-corrected chi connectivity index (χ1v) is 11.2. The monoisotopic (exact) mass is 451 g/mol. The van der Waals surface area contributed by atoms with Crippen molar-refractivity contribution in [3.05, 3.63) is 65.1 Å². The summed E-state index contributed by atoms with van der Waals surface area (Å²) in [6.45, 7) is 7.33. The third kappa shape index (κ3) is 4.94. The lowest BCUT2D eigenvalue weighted by atomic mass is 10.2. The van der Waals surface area contributed by atoms with Gasteiger partial charge in [-0.15, -0.1) is 11.3 Å². The molecule has 4 rings (SSSR count). The maximum atomic E-state index is 12.9. The number of aromatic nitrogens is 1. The zero-order chi connectivity index (χ0) is 22.5. The van der Waals surface area contributed by atoms with Crippen molar-refractivity contribution in [2.75, 3.05) is 29.7 Å². The van der Waals surface area contributed by atoms with Gasteiger partial charge in [0.25, 0.3) is 0 Å². The van der Waals surface area contributed by atoms with E-state index in [1.165, 1.54) is 11.3 Å². The molecule has 2 amide bonds. The van der Waals surface area contributed by atoms with Gasteiger partial charge in [0.1, 0.15) is 0 Å². The van der Waals surface area contributed by atoms with Crippen LogP contribution in [0.4, 0.5) is 21.9 Å². The maximum Gasteiger partial charge on any atom is 0.322 e. The number of thiophene rings is 1. The summed E-state index contributed by atoms with van der Waals surface area (Å²) < 4.78 is 10.7. The molecule has 0 fully saturated rings. The van der Waals surface area contributed by atoms with Crippen molar-refractivity contribution in [3.8, 4) is 11.5 Å². The number of amides is 2. The fraction of sp³-hybridized carbons (Fsp3) is 0.217. The van der Waals surface area contributed by atoms with E-state index in [1.54, 1.807) is 29.3 Å². The number of hydrogen-bond acceptors (Lipinski definition) is 7. The topological polar surface area (TPSA) is 102 Å². The number of hydrogen-bond donors (Lipinski definition) is 3. The number of nitrogens with two attached hydrogens (primary N) is 1. The number of benzene rings is 1. The van der Waals surface area contributed by atoms with E-state index in [0.717, 1.165) is 17.7 Å². The highest BCUT2D eigenvalue weighted by molar-refractivity contribution is 7.08. The molecule has 0 atom stereocenters. The van der Waals surface area contributed by atoms with Crippen LogP contribution < -0.4 is 25.8 Å². The summed E-state index contributed by atoms with van der Waals surface area (Å²) in [5.74, 6) is 1.31. The maximum absolute atomic E-state index is 12.9. The van der Waals surface area contributed by atoms with Crippen LogP contribution >= 0.6 is 11.3 Å². The highest BCUT2D eigenvalue weighted by Gasteiger charge is 2.17. The molecule has 9 heteroatoms. The zero-order valence-corrected chi connectivity index (χ0v) is 18.6. The second-order valence-corrected chi connectivity index (χ2v) is 8.06. The molecule has 0 saturated carbocycles. The van der Waals surface area contributed by atoms with Crippen LogP contribution in [0, 0.1) is 0 Å². The Kier molecular flexibility index (Phi) is 6.46. The van der Waals surface area contributed by atoms with Gasteiger partial charge in [-0.3, -0.25) is 4.98 Å². The first-order chi connectivity index (χ1) is 15.5. The van der Waals surface area contributed by atoms with Gasteiger partial charge < -0.3 is 30.7 Å². The summed E-state index contributed by atoms with van der Waals surface area (Å²) in [5.41, 5.74) is 10.4. The number of nitrogen functional groups attached to an aromatic ring is 1. The van der Waals surface area contributed by atoms with Crippen LogP contribution in [0.15, 0.2) is 53.9 Å². The molecule has 0 spiro atoms. The second-order valence-electron chi connectivity index (χ2n) is 7.32. The van der Waals surface area contributed by atoms with Crippen LogP contribution in [-0.4, -0.2) is 29.3 Å². The van der Waals surface area contributed by atoms with Gasteiger partial charge in [0.2, 0.25) is 6.79 Å². The Hall–Kier alpha value is -3.72. The third-order valence-electron chi connectivity index (χ3n) is 4.89. The first kappa shape index (κ1) is 21.5. The van der Waals surface area contributed by atoms with Gasteiger partial charge >= 0.3 is 6.03 Å². The standard InChI is InChI=1S/C23H25N5O3S/c1-3-8-28(23(29)27-17-5-7-21-22(9-17)31-14-30-21)11-16-4-6-19(25-10-16)15(2)26-20-13-32-12-18(20)24/h4-7,9-10,12-13,26H,2-3,8,11,14,24H2,1H3,(H,27,29). The van der Waals surface area contributed by atoms with Gasteiger partial charge in [-0.1, -0.05) is 19.6 Å². The Morgan fingerprint density at radius 3 is 2.78 bits per heavy atom. The number of carbonyl (C=O) groups excluding carboxylic acids is 1. The van der Waals surface area contributed by atoms with Gasteiger partial charge in [0.05, 0.1) is 22.8 Å². The molecule has 3 aromatic rings. The van der Waals surface area contributed by atoms with Crippen LogP contribution in [0.2, 0.25) is 0 Å². The summed E-state index contributed by atoms with van der Waals surface area (Å²) in [5, 5.41) is 9.91. The minimum atomic E-state index is -0.186. The van der Waals surface area contributed by atoms with Crippen molar-refractivity contribution < 1.29 is 14.3 Å². The average molecular weight is 452 g/mol. The molecular formula is C23H25N5O3S. The Morgan fingerprint density at radius 1 is 1.22 bits per heavy atom. The summed E-state index contributed by atoms with van der Waals surface area (Å²) in [7, 11) is 0. The Morgan fingerprint density at radius 2 is 2.06 bits per heavy atom. The van der Waals surface area contributed by atoms with Crippen molar-refractivity contribution >= 4 is 40.1 Å². The molecule has 1 aromatic carbocycles. The smallest absolute Gasteiger partial charge is 0.322 e. The minimum absolute atomic E-state index is 0.186. The normalized spacial score (nSPS) is 11.8. The van der Waals surface area contributed by atoms with E-state index in [0.29, 0.717) is 47.4 Å². The van der Waals surface area contributed by atoms with E-state index in [-0.39, 0.29) is 12.8 Å². The molecule has 0 unspecified atom stereocenters. The molecule has 1 aliphatic rings. The van der Waals surface area contributed by atoms with E-state index >= 15 is 0 Å². The van der Waals surface area contributed by atoms with Crippen molar-refractivity contribution in [3.63, 3.8) is 0 Å². The molecule has 3 heterocycles. The number of nitrogens with zero attached hydrogens (tertiary/aromatic N) is 2. The molecule has 32 heavy (non-hydrogen) atoms. The molecule has 4 N–H and O–H groups in total. The van der Waals surface area contributed by atoms with Crippen LogP contribution in [0.3, 0.4) is 0 Å². The van der Waals surface area contributed by atoms with Crippen LogP contribution in [0.1, 0.15) is 24.6 Å². The van der Waals surface area contributed by atoms with Crippen molar-refractivity contribution in [2.45, 2.75) is 19.9 Å². The number of carbonyl (C=O) groups is 1. The van der Waals surface area contributed by atoms with E-state index in [9.17, 15) is 4.79 Å². The largest absolute Gasteiger partial charge is 0.454 e. The Labute approximate surface area is 190 Å². The van der Waals surface area contributed by atoms with Gasteiger partial charge in [-0.2, -0.15) is 0 Å². The number of rotatable bonds is 8. The Bertz CT molecular complexity index is 1110. The van der Waals surface area contributed by atoms with E-state index in [1.807, 2.05) is 29.8 Å². The number of anilines is 3. The van der Waals surface area contributed by atoms with Crippen LogP contribution in [-0.2, 0) is 6.54 Å². The fourth-order valence-corrected chi connectivity index (χ4v) is 3.92. The van der Waals surface area contributed by atoms with E-state index in [4.69, 9.17) is 15.2 Å². The van der Waals surface area contributed by atoms with E-state index < -0.39 is 0 Å². The predicted octanol–water partition coefficient (Wildman–Crippen LogP) is 4.98.